The maximum absolute atomic E-state index is 11.5. The van der Waals surface area contributed by atoms with Crippen LogP contribution >= 0.6 is 0 Å². The van der Waals surface area contributed by atoms with Gasteiger partial charge in [-0.15, -0.1) is 0 Å². The summed E-state index contributed by atoms with van der Waals surface area (Å²) in [5.41, 5.74) is 4.40. The molecule has 1 aliphatic heterocycles. The first kappa shape index (κ1) is 15.9. The summed E-state index contributed by atoms with van der Waals surface area (Å²) in [7, 11) is 0. The van der Waals surface area contributed by atoms with E-state index in [0.29, 0.717) is 17.5 Å². The molecule has 4 nitrogen and oxygen atoms in total. The fourth-order valence-electron chi connectivity index (χ4n) is 4.18. The van der Waals surface area contributed by atoms with Crippen LogP contribution in [0.5, 0.6) is 0 Å². The predicted octanol–water partition coefficient (Wildman–Crippen LogP) is 5.54. The van der Waals surface area contributed by atoms with Gasteiger partial charge in [-0.25, -0.2) is 0 Å². The third-order valence-corrected chi connectivity index (χ3v) is 5.53. The van der Waals surface area contributed by atoms with Crippen LogP contribution in [0, 0.1) is 16.0 Å². The van der Waals surface area contributed by atoms with Gasteiger partial charge >= 0.3 is 0 Å². The van der Waals surface area contributed by atoms with Gasteiger partial charge in [0.15, 0.2) is 0 Å². The van der Waals surface area contributed by atoms with E-state index in [4.69, 9.17) is 0 Å². The van der Waals surface area contributed by atoms with Crippen LogP contribution in [0.2, 0.25) is 0 Å². The number of para-hydroxylation sites is 1. The summed E-state index contributed by atoms with van der Waals surface area (Å²) in [5.74, 6) is 1.14. The highest BCUT2D eigenvalue weighted by Gasteiger charge is 2.40. The monoisotopic (exact) mass is 334 g/mol. The number of nitrogens with zero attached hydrogens (tertiary/aromatic N) is 1. The number of hydrogen-bond donors (Lipinski definition) is 1. The highest BCUT2D eigenvalue weighted by molar-refractivity contribution is 5.71. The van der Waals surface area contributed by atoms with Gasteiger partial charge in [0.2, 0.25) is 0 Å². The number of fused-ring (bicyclic) bond motifs is 3. The molecule has 0 spiro atoms. The fraction of sp³-hybridized carbons (Fsp3) is 0.333. The summed E-state index contributed by atoms with van der Waals surface area (Å²) < 4.78 is 0. The van der Waals surface area contributed by atoms with E-state index in [9.17, 15) is 10.1 Å². The van der Waals surface area contributed by atoms with Crippen molar-refractivity contribution in [3.63, 3.8) is 0 Å². The van der Waals surface area contributed by atoms with Crippen LogP contribution in [0.3, 0.4) is 0 Å². The summed E-state index contributed by atoms with van der Waals surface area (Å²) in [6, 6.07) is 14.2. The number of nitro benzene ring substituents is 1. The van der Waals surface area contributed by atoms with Crippen molar-refractivity contribution < 1.29 is 4.92 Å². The summed E-state index contributed by atoms with van der Waals surface area (Å²) >= 11 is 0. The molecule has 0 saturated carbocycles. The minimum Gasteiger partial charge on any atom is -0.372 e. The molecular weight excluding hydrogens is 312 g/mol. The van der Waals surface area contributed by atoms with Crippen LogP contribution in [0.25, 0.3) is 0 Å². The molecule has 0 unspecified atom stereocenters. The molecule has 25 heavy (non-hydrogen) atoms. The van der Waals surface area contributed by atoms with Crippen molar-refractivity contribution in [2.24, 2.45) is 5.92 Å². The molecular formula is C21H22N2O2. The largest absolute Gasteiger partial charge is 0.372 e. The highest BCUT2D eigenvalue weighted by atomic mass is 16.6. The molecule has 0 saturated heterocycles. The molecule has 4 heteroatoms. The first-order chi connectivity index (χ1) is 12.1. The molecule has 1 N–H and O–H groups in total. The molecule has 0 amide bonds. The lowest BCUT2D eigenvalue weighted by Gasteiger charge is -2.37. The van der Waals surface area contributed by atoms with Crippen molar-refractivity contribution in [2.45, 2.75) is 38.1 Å². The quantitative estimate of drug-likeness (QED) is 0.455. The molecule has 0 fully saturated rings. The topological polar surface area (TPSA) is 55.2 Å². The van der Waals surface area contributed by atoms with E-state index in [1.807, 2.05) is 6.07 Å². The van der Waals surface area contributed by atoms with Crippen molar-refractivity contribution in [3.8, 4) is 0 Å². The van der Waals surface area contributed by atoms with Crippen molar-refractivity contribution in [3.05, 3.63) is 81.4 Å². The van der Waals surface area contributed by atoms with E-state index < -0.39 is 0 Å². The van der Waals surface area contributed by atoms with Gasteiger partial charge in [0.25, 0.3) is 5.69 Å². The van der Waals surface area contributed by atoms with Gasteiger partial charge < -0.3 is 5.32 Å². The van der Waals surface area contributed by atoms with Gasteiger partial charge in [0.1, 0.15) is 5.69 Å². The van der Waals surface area contributed by atoms with Crippen LogP contribution in [-0.4, -0.2) is 4.92 Å². The Kier molecular flexibility index (Phi) is 3.83. The van der Waals surface area contributed by atoms with Gasteiger partial charge in [-0.3, -0.25) is 10.1 Å². The third-order valence-electron chi connectivity index (χ3n) is 5.53. The predicted molar refractivity (Wildman–Crippen MR) is 100.0 cm³/mol. The molecule has 3 atom stereocenters. The molecule has 2 aromatic rings. The maximum atomic E-state index is 11.5. The lowest BCUT2D eigenvalue weighted by Crippen LogP contribution is -2.29. The van der Waals surface area contributed by atoms with E-state index >= 15 is 0 Å². The number of benzene rings is 2. The molecule has 0 aromatic heterocycles. The Labute approximate surface area is 147 Å². The van der Waals surface area contributed by atoms with E-state index in [2.05, 4.69) is 55.6 Å². The lowest BCUT2D eigenvalue weighted by molar-refractivity contribution is -0.384. The Morgan fingerprint density at radius 2 is 1.92 bits per heavy atom. The third kappa shape index (κ3) is 2.62. The summed E-state index contributed by atoms with van der Waals surface area (Å²) in [4.78, 5) is 11.2. The Morgan fingerprint density at radius 3 is 2.60 bits per heavy atom. The first-order valence-corrected chi connectivity index (χ1v) is 8.86. The lowest BCUT2D eigenvalue weighted by atomic mass is 9.76. The zero-order chi connectivity index (χ0) is 17.6. The van der Waals surface area contributed by atoms with Crippen LogP contribution < -0.4 is 5.32 Å². The minimum atomic E-state index is -0.288. The number of allylic oxidation sites excluding steroid dienone is 2. The zero-order valence-corrected chi connectivity index (χ0v) is 14.5. The van der Waals surface area contributed by atoms with E-state index in [0.717, 1.165) is 12.0 Å². The summed E-state index contributed by atoms with van der Waals surface area (Å²) in [5, 5.41) is 15.0. The van der Waals surface area contributed by atoms with Crippen LogP contribution in [0.4, 0.5) is 11.4 Å². The van der Waals surface area contributed by atoms with Gasteiger partial charge in [-0.1, -0.05) is 62.4 Å². The molecule has 1 heterocycles. The smallest absolute Gasteiger partial charge is 0.292 e. The Bertz CT molecular complexity index is 839. The number of anilines is 1. The number of nitrogens with one attached hydrogen (secondary N) is 1. The number of nitro groups is 1. The van der Waals surface area contributed by atoms with Crippen molar-refractivity contribution in [2.75, 3.05) is 5.32 Å². The Balaban J connectivity index is 1.77. The highest BCUT2D eigenvalue weighted by Crippen LogP contribution is 2.51. The van der Waals surface area contributed by atoms with Crippen LogP contribution in [0.1, 0.15) is 54.8 Å². The molecule has 2 aliphatic rings. The number of rotatable bonds is 3. The average molecular weight is 334 g/mol. The van der Waals surface area contributed by atoms with Crippen molar-refractivity contribution in [1.82, 2.24) is 0 Å². The van der Waals surface area contributed by atoms with E-state index in [-0.39, 0.29) is 22.6 Å². The van der Waals surface area contributed by atoms with E-state index in [1.165, 1.54) is 11.1 Å². The number of hydrogen-bond acceptors (Lipinski definition) is 3. The normalized spacial score (nSPS) is 23.9. The minimum absolute atomic E-state index is 0.0924. The van der Waals surface area contributed by atoms with E-state index in [1.54, 1.807) is 12.1 Å². The second kappa shape index (κ2) is 6.03. The molecule has 4 rings (SSSR count). The van der Waals surface area contributed by atoms with Gasteiger partial charge in [-0.2, -0.15) is 0 Å². The SMILES string of the molecule is CC(C)c1ccc([C@@H]2Nc3c(cccc3[N+](=O)[O-])[C@@H]3C=CC[C@H]32)cc1. The Hall–Kier alpha value is -2.62. The second-order valence-electron chi connectivity index (χ2n) is 7.30. The van der Waals surface area contributed by atoms with Crippen molar-refractivity contribution >= 4 is 11.4 Å². The van der Waals surface area contributed by atoms with Gasteiger partial charge in [-0.05, 0) is 34.9 Å². The molecule has 128 valence electrons. The molecule has 0 radical (unpaired) electrons. The molecule has 2 aromatic carbocycles. The summed E-state index contributed by atoms with van der Waals surface area (Å²) in [6.45, 7) is 4.37. The summed E-state index contributed by atoms with van der Waals surface area (Å²) in [6.07, 6.45) is 5.42. The van der Waals surface area contributed by atoms with Gasteiger partial charge in [0.05, 0.1) is 11.0 Å². The molecule has 0 bridgehead atoms. The van der Waals surface area contributed by atoms with Gasteiger partial charge in [0, 0.05) is 12.0 Å². The first-order valence-electron chi connectivity index (χ1n) is 8.86. The fourth-order valence-corrected chi connectivity index (χ4v) is 4.18. The zero-order valence-electron chi connectivity index (χ0n) is 14.5. The maximum Gasteiger partial charge on any atom is 0.292 e. The second-order valence-corrected chi connectivity index (χ2v) is 7.30. The van der Waals surface area contributed by atoms with Crippen LogP contribution in [0.15, 0.2) is 54.6 Å². The standard InChI is InChI=1S/C21H22N2O2/c1-13(2)14-9-11-15(12-10-14)20-17-6-3-5-16(17)18-7-4-8-19(23(24)25)21(18)22-20/h3-5,7-13,16-17,20,22H,6H2,1-2H3/t16-,17-,20+/m1/s1. The van der Waals surface area contributed by atoms with Crippen LogP contribution in [-0.2, 0) is 0 Å². The average Bonchev–Trinajstić information content (AvgIpc) is 3.10. The Morgan fingerprint density at radius 1 is 1.16 bits per heavy atom. The molecule has 1 aliphatic carbocycles. The van der Waals surface area contributed by atoms with Crippen molar-refractivity contribution in [1.29, 1.82) is 0 Å².